The Labute approximate surface area is 198 Å². The molecule has 0 radical (unpaired) electrons. The van der Waals surface area contributed by atoms with Crippen LogP contribution in [0, 0.1) is 5.92 Å². The number of allylic oxidation sites excluding steroid dienone is 3. The Morgan fingerprint density at radius 3 is 2.54 bits per heavy atom. The van der Waals surface area contributed by atoms with Crippen molar-refractivity contribution in [3.05, 3.63) is 83.2 Å². The van der Waals surface area contributed by atoms with Crippen LogP contribution in [-0.2, 0) is 4.79 Å². The minimum Gasteiger partial charge on any atom is -1.00 e. The van der Waals surface area contributed by atoms with Crippen molar-refractivity contribution in [2.75, 3.05) is 0 Å². The zero-order valence-electron chi connectivity index (χ0n) is 16.6. The molecule has 2 aromatic carbocycles. The number of ether oxygens (including phenoxy) is 1. The van der Waals surface area contributed by atoms with Crippen LogP contribution >= 0.6 is 0 Å². The number of hydrogen-bond donors (Lipinski definition) is 2. The average molecular weight is 366 g/mol. The summed E-state index contributed by atoms with van der Waals surface area (Å²) in [5.41, 5.74) is 3.05. The predicted molar refractivity (Wildman–Crippen MR) is 91.9 cm³/mol. The summed E-state index contributed by atoms with van der Waals surface area (Å²) in [4.78, 5) is 11.1. The first-order valence-corrected chi connectivity index (χ1v) is 7.57. The van der Waals surface area contributed by atoms with Gasteiger partial charge in [0, 0.05) is 28.3 Å². The van der Waals surface area contributed by atoms with Gasteiger partial charge < -0.3 is 22.6 Å². The van der Waals surface area contributed by atoms with Crippen LogP contribution in [0.1, 0.15) is 14.0 Å². The van der Waals surface area contributed by atoms with E-state index in [0.717, 1.165) is 23.0 Å². The van der Waals surface area contributed by atoms with Gasteiger partial charge in [0.1, 0.15) is 29.3 Å². The Morgan fingerprint density at radius 1 is 1.04 bits per heavy atom. The molecule has 6 heteroatoms. The first-order valence-electron chi connectivity index (χ1n) is 7.57. The van der Waals surface area contributed by atoms with Crippen molar-refractivity contribution in [2.45, 2.75) is 0 Å². The molecule has 2 aliphatic rings. The molecule has 2 aromatic rings. The number of aromatic hydroxyl groups is 2. The van der Waals surface area contributed by atoms with Crippen molar-refractivity contribution in [2.24, 2.45) is 5.92 Å². The fourth-order valence-electron chi connectivity index (χ4n) is 3.03. The van der Waals surface area contributed by atoms with Crippen LogP contribution in [-0.4, -0.2) is 16.5 Å². The second-order valence-electron chi connectivity index (χ2n) is 5.69. The summed E-state index contributed by atoms with van der Waals surface area (Å²) in [6, 6.07) is 11.9. The van der Waals surface area contributed by atoms with Crippen molar-refractivity contribution in [1.82, 2.24) is 0 Å². The monoisotopic (exact) mass is 366 g/mol. The van der Waals surface area contributed by atoms with Gasteiger partial charge >= 0.3 is 59.1 Å². The van der Waals surface area contributed by atoms with Crippen molar-refractivity contribution in [1.29, 1.82) is 0 Å². The third-order valence-electron chi connectivity index (χ3n) is 4.15. The fourth-order valence-corrected chi connectivity index (χ4v) is 3.03. The third-order valence-corrected chi connectivity index (χ3v) is 4.15. The van der Waals surface area contributed by atoms with E-state index in [9.17, 15) is 15.0 Å². The Hall–Kier alpha value is -1.27. The van der Waals surface area contributed by atoms with Crippen LogP contribution in [0.2, 0.25) is 0 Å². The summed E-state index contributed by atoms with van der Waals surface area (Å²) in [6.45, 7) is 0. The van der Waals surface area contributed by atoms with Crippen LogP contribution in [0.5, 0.6) is 17.2 Å². The number of phenols is 2. The van der Waals surface area contributed by atoms with E-state index in [4.69, 9.17) is 4.74 Å². The van der Waals surface area contributed by atoms with Crippen molar-refractivity contribution in [3.8, 4) is 17.2 Å². The molecule has 1 aliphatic heterocycles. The zero-order valence-corrected chi connectivity index (χ0v) is 18.6. The molecule has 0 saturated carbocycles. The maximum atomic E-state index is 11.1. The molecule has 4 rings (SSSR count). The van der Waals surface area contributed by atoms with E-state index in [1.54, 1.807) is 36.4 Å². The number of phenolic OH excluding ortho intramolecular Hbond substituents is 2. The summed E-state index contributed by atoms with van der Waals surface area (Å²) in [7, 11) is 0. The molecular formula is C20H16Na2O4. The van der Waals surface area contributed by atoms with Gasteiger partial charge in [-0.2, -0.15) is 0 Å². The first kappa shape index (κ1) is 21.0. The standard InChI is InChI=1S/C20H14O4.2Na.2H/c21-11-12-5-7-15-18(9-12)24-19-10-13(22)6-8-16(19)20(15)14-3-1-2-4-17(14)23;;;;/h1-12,22-23H;;;;/q;2*+1;2*-1. The van der Waals surface area contributed by atoms with Crippen molar-refractivity contribution < 1.29 is 81.7 Å². The van der Waals surface area contributed by atoms with Crippen LogP contribution < -0.4 is 63.9 Å². The second kappa shape index (κ2) is 8.61. The first-order chi connectivity index (χ1) is 11.7. The number of hydrogen-bond acceptors (Lipinski definition) is 4. The SMILES string of the molecule is O=CC1C=CC2=C(c3ccccc3O)c3ccc(O)cc3OC2=C1.[H-].[H-].[Na+].[Na+]. The van der Waals surface area contributed by atoms with Gasteiger partial charge in [0.05, 0.1) is 5.92 Å². The molecule has 122 valence electrons. The van der Waals surface area contributed by atoms with E-state index in [1.807, 2.05) is 18.2 Å². The fraction of sp³-hybridized carbons (Fsp3) is 0.0500. The van der Waals surface area contributed by atoms with E-state index in [0.29, 0.717) is 17.1 Å². The number of aldehydes is 1. The van der Waals surface area contributed by atoms with Gasteiger partial charge in [-0.05, 0) is 24.3 Å². The topological polar surface area (TPSA) is 66.8 Å². The molecular weight excluding hydrogens is 350 g/mol. The summed E-state index contributed by atoms with van der Waals surface area (Å²) in [5, 5.41) is 20.1. The van der Waals surface area contributed by atoms with E-state index >= 15 is 0 Å². The van der Waals surface area contributed by atoms with Gasteiger partial charge in [0.25, 0.3) is 0 Å². The molecule has 0 aromatic heterocycles. The molecule has 1 unspecified atom stereocenters. The molecule has 1 heterocycles. The van der Waals surface area contributed by atoms with Crippen molar-refractivity contribution in [3.63, 3.8) is 0 Å². The summed E-state index contributed by atoms with van der Waals surface area (Å²) < 4.78 is 5.89. The molecule has 0 amide bonds. The van der Waals surface area contributed by atoms with Gasteiger partial charge in [0.2, 0.25) is 0 Å². The minimum atomic E-state index is -0.353. The van der Waals surface area contributed by atoms with E-state index in [-0.39, 0.29) is 79.4 Å². The molecule has 0 fully saturated rings. The van der Waals surface area contributed by atoms with Gasteiger partial charge in [-0.25, -0.2) is 0 Å². The molecule has 4 nitrogen and oxygen atoms in total. The normalized spacial score (nSPS) is 16.9. The van der Waals surface area contributed by atoms with E-state index < -0.39 is 0 Å². The summed E-state index contributed by atoms with van der Waals surface area (Å²) >= 11 is 0. The third kappa shape index (κ3) is 3.72. The molecule has 0 saturated heterocycles. The molecule has 2 N–H and O–H groups in total. The van der Waals surface area contributed by atoms with Crippen molar-refractivity contribution >= 4 is 11.9 Å². The number of benzene rings is 2. The van der Waals surface area contributed by atoms with Gasteiger partial charge in [0.15, 0.2) is 0 Å². The molecule has 0 spiro atoms. The zero-order chi connectivity index (χ0) is 16.7. The van der Waals surface area contributed by atoms with Crippen LogP contribution in [0.4, 0.5) is 0 Å². The average Bonchev–Trinajstić information content (AvgIpc) is 2.59. The van der Waals surface area contributed by atoms with Crippen LogP contribution in [0.15, 0.2) is 72.0 Å². The van der Waals surface area contributed by atoms with E-state index in [2.05, 4.69) is 0 Å². The van der Waals surface area contributed by atoms with E-state index in [1.165, 1.54) is 6.07 Å². The number of fused-ring (bicyclic) bond motifs is 2. The largest absolute Gasteiger partial charge is 1.00 e. The van der Waals surface area contributed by atoms with Crippen LogP contribution in [0.25, 0.3) is 5.57 Å². The number of para-hydroxylation sites is 1. The van der Waals surface area contributed by atoms with Crippen LogP contribution in [0.3, 0.4) is 0 Å². The Bertz CT molecular complexity index is 955. The molecule has 1 atom stereocenters. The van der Waals surface area contributed by atoms with Gasteiger partial charge in [-0.15, -0.1) is 0 Å². The summed E-state index contributed by atoms with van der Waals surface area (Å²) in [6.07, 6.45) is 6.20. The van der Waals surface area contributed by atoms with Gasteiger partial charge in [-0.1, -0.05) is 30.4 Å². The van der Waals surface area contributed by atoms with Gasteiger partial charge in [-0.3, -0.25) is 0 Å². The predicted octanol–water partition coefficient (Wildman–Crippen LogP) is -2.21. The Morgan fingerprint density at radius 2 is 1.81 bits per heavy atom. The maximum absolute atomic E-state index is 11.1. The number of rotatable bonds is 2. The second-order valence-corrected chi connectivity index (χ2v) is 5.69. The molecule has 0 bridgehead atoms. The quantitative estimate of drug-likeness (QED) is 0.468. The smallest absolute Gasteiger partial charge is 1.00 e. The maximum Gasteiger partial charge on any atom is 1.00 e. The summed E-state index contributed by atoms with van der Waals surface area (Å²) in [5.74, 6) is 0.932. The number of carbonyl (C=O) groups excluding carboxylic acids is 1. The molecule has 1 aliphatic carbocycles. The Balaban J connectivity index is 0.00000182. The number of carbonyl (C=O) groups is 1. The Kier molecular flexibility index (Phi) is 6.97. The minimum absolute atomic E-state index is 0. The molecule has 26 heavy (non-hydrogen) atoms.